The monoisotopic (exact) mass is 573 g/mol. The zero-order valence-electron chi connectivity index (χ0n) is 25.0. The first-order valence-corrected chi connectivity index (χ1v) is 14.9. The van der Waals surface area contributed by atoms with Gasteiger partial charge in [-0.3, -0.25) is 14.5 Å². The topological polar surface area (TPSA) is 52.7 Å². The number of hydrogen-bond acceptors (Lipinski definition) is 3. The van der Waals surface area contributed by atoms with Crippen LogP contribution >= 0.6 is 0 Å². The van der Waals surface area contributed by atoms with E-state index in [0.717, 1.165) is 23.2 Å². The fourth-order valence-corrected chi connectivity index (χ4v) is 6.26. The number of alkyl halides is 1. The van der Waals surface area contributed by atoms with Gasteiger partial charge in [-0.25, -0.2) is 8.78 Å². The Morgan fingerprint density at radius 1 is 0.976 bits per heavy atom. The fraction of sp³-hybridized carbons (Fsp3) is 0.429. The van der Waals surface area contributed by atoms with Crippen LogP contribution in [0.1, 0.15) is 78.7 Å². The van der Waals surface area contributed by atoms with Crippen molar-refractivity contribution in [2.45, 2.75) is 71.1 Å². The van der Waals surface area contributed by atoms with Crippen LogP contribution in [0.5, 0.6) is 0 Å². The summed E-state index contributed by atoms with van der Waals surface area (Å²) in [5.74, 6) is -1.65. The minimum absolute atomic E-state index is 0.0490. The number of benzene rings is 3. The van der Waals surface area contributed by atoms with Gasteiger partial charge in [0.15, 0.2) is 0 Å². The molecule has 0 radical (unpaired) electrons. The maximum absolute atomic E-state index is 15.0. The lowest BCUT2D eigenvalue weighted by Gasteiger charge is -2.41. The predicted octanol–water partition coefficient (Wildman–Crippen LogP) is 7.21. The van der Waals surface area contributed by atoms with E-state index in [1.165, 1.54) is 6.07 Å². The van der Waals surface area contributed by atoms with Gasteiger partial charge in [-0.15, -0.1) is 0 Å². The summed E-state index contributed by atoms with van der Waals surface area (Å²) < 4.78 is 28.7. The molecule has 0 spiro atoms. The van der Waals surface area contributed by atoms with Crippen LogP contribution in [0.25, 0.3) is 0 Å². The van der Waals surface area contributed by atoms with E-state index in [-0.39, 0.29) is 16.9 Å². The number of amides is 2. The van der Waals surface area contributed by atoms with E-state index >= 15 is 0 Å². The number of carbonyl (C=O) groups excluding carboxylic acids is 2. The Labute approximate surface area is 247 Å². The Kier molecular flexibility index (Phi) is 8.78. The molecule has 0 saturated carbocycles. The second kappa shape index (κ2) is 12.3. The number of aryl methyl sites for hydroxylation is 1. The van der Waals surface area contributed by atoms with Crippen molar-refractivity contribution in [3.05, 3.63) is 100 Å². The summed E-state index contributed by atoms with van der Waals surface area (Å²) in [6, 6.07) is 19.9. The van der Waals surface area contributed by atoms with Crippen LogP contribution in [0.3, 0.4) is 0 Å². The summed E-state index contributed by atoms with van der Waals surface area (Å²) in [6.07, 6.45) is 1.01. The van der Waals surface area contributed by atoms with E-state index < -0.39 is 29.9 Å². The molecular weight excluding hydrogens is 532 g/mol. The summed E-state index contributed by atoms with van der Waals surface area (Å²) in [5.41, 5.74) is 4.24. The van der Waals surface area contributed by atoms with Crippen molar-refractivity contribution >= 4 is 17.5 Å². The number of hydrogen-bond donors (Lipinski definition) is 1. The van der Waals surface area contributed by atoms with Crippen LogP contribution in [0.4, 0.5) is 14.5 Å². The summed E-state index contributed by atoms with van der Waals surface area (Å²) in [5, 5.41) is 3.12. The molecule has 2 aliphatic rings. The molecule has 0 aliphatic carbocycles. The highest BCUT2D eigenvalue weighted by atomic mass is 19.1. The molecule has 0 aromatic heterocycles. The van der Waals surface area contributed by atoms with Gasteiger partial charge in [0, 0.05) is 31.9 Å². The Bertz CT molecular complexity index is 1410. The highest BCUT2D eigenvalue weighted by Gasteiger charge is 2.40. The molecule has 1 N–H and O–H groups in total. The van der Waals surface area contributed by atoms with E-state index in [9.17, 15) is 18.4 Å². The number of carbonyl (C=O) groups is 2. The average molecular weight is 574 g/mol. The highest BCUT2D eigenvalue weighted by molar-refractivity contribution is 5.98. The second-order valence-electron chi connectivity index (χ2n) is 12.8. The third kappa shape index (κ3) is 6.57. The second-order valence-corrected chi connectivity index (χ2v) is 12.8. The molecule has 2 heterocycles. The number of nitrogens with zero attached hydrogens (tertiary/aromatic N) is 2. The summed E-state index contributed by atoms with van der Waals surface area (Å²) in [6.45, 7) is 10.4. The fourth-order valence-electron chi connectivity index (χ4n) is 6.26. The lowest BCUT2D eigenvalue weighted by atomic mass is 9.82. The van der Waals surface area contributed by atoms with Crippen LogP contribution in [-0.4, -0.2) is 47.4 Å². The molecule has 3 atom stereocenters. The smallest absolute Gasteiger partial charge is 0.257 e. The highest BCUT2D eigenvalue weighted by Crippen LogP contribution is 2.39. The van der Waals surface area contributed by atoms with Gasteiger partial charge in [0.05, 0.1) is 17.5 Å². The predicted molar refractivity (Wildman–Crippen MR) is 163 cm³/mol. The van der Waals surface area contributed by atoms with Crippen LogP contribution in [-0.2, 0) is 16.8 Å². The van der Waals surface area contributed by atoms with Crippen LogP contribution in [0.15, 0.2) is 66.7 Å². The Morgan fingerprint density at radius 3 is 2.38 bits per heavy atom. The molecule has 3 aromatic carbocycles. The molecular formula is C35H41F2N3O2. The van der Waals surface area contributed by atoms with Gasteiger partial charge >= 0.3 is 0 Å². The molecule has 3 aromatic rings. The lowest BCUT2D eigenvalue weighted by molar-refractivity contribution is -0.123. The van der Waals surface area contributed by atoms with Crippen LogP contribution in [0.2, 0.25) is 0 Å². The largest absolute Gasteiger partial charge is 0.331 e. The number of nitrogens with one attached hydrogen (secondary N) is 1. The van der Waals surface area contributed by atoms with Crippen molar-refractivity contribution in [2.24, 2.45) is 5.92 Å². The quantitative estimate of drug-likeness (QED) is 0.339. The normalized spacial score (nSPS) is 21.4. The first-order valence-electron chi connectivity index (χ1n) is 14.9. The number of likely N-dealkylation sites (tertiary alicyclic amines) is 2. The minimum atomic E-state index is -0.781. The van der Waals surface area contributed by atoms with Crippen molar-refractivity contribution in [1.82, 2.24) is 9.80 Å². The van der Waals surface area contributed by atoms with E-state index in [1.54, 1.807) is 24.0 Å². The van der Waals surface area contributed by atoms with Crippen molar-refractivity contribution in [3.63, 3.8) is 0 Å². The zero-order chi connectivity index (χ0) is 30.0. The van der Waals surface area contributed by atoms with E-state index in [2.05, 4.69) is 31.0 Å². The summed E-state index contributed by atoms with van der Waals surface area (Å²) in [7, 11) is 0. The Morgan fingerprint density at radius 2 is 1.71 bits per heavy atom. The van der Waals surface area contributed by atoms with E-state index in [4.69, 9.17) is 0 Å². The molecule has 5 rings (SSSR count). The number of halogens is 2. The van der Waals surface area contributed by atoms with Crippen LogP contribution < -0.4 is 5.32 Å². The third-order valence-electron chi connectivity index (χ3n) is 8.60. The Balaban J connectivity index is 1.46. The number of rotatable bonds is 6. The van der Waals surface area contributed by atoms with Gasteiger partial charge in [0.1, 0.15) is 12.0 Å². The van der Waals surface area contributed by atoms with Gasteiger partial charge in [-0.2, -0.15) is 0 Å². The average Bonchev–Trinajstić information content (AvgIpc) is 3.36. The number of anilines is 1. The van der Waals surface area contributed by atoms with Gasteiger partial charge in [0.2, 0.25) is 5.91 Å². The minimum Gasteiger partial charge on any atom is -0.331 e. The van der Waals surface area contributed by atoms with Crippen molar-refractivity contribution in [3.8, 4) is 0 Å². The van der Waals surface area contributed by atoms with Crippen molar-refractivity contribution in [1.29, 1.82) is 0 Å². The zero-order valence-corrected chi connectivity index (χ0v) is 25.0. The molecule has 222 valence electrons. The molecule has 42 heavy (non-hydrogen) atoms. The van der Waals surface area contributed by atoms with E-state index in [0.29, 0.717) is 50.1 Å². The first kappa shape index (κ1) is 29.9. The standard InChI is InChI=1S/C35H41F2N3O2/c1-23-8-5-12-30(37)31(23)34(42)40-18-7-11-29(33(41)38-28-10-6-9-26(20-28)35(2,3)4)32(40)25-15-13-24(14-16-25)21-39-19-17-27(36)22-39/h5-6,8-10,12-16,20,27,29,32H,7,11,17-19,21-22H2,1-4H3,(H,38,41)/t27-,29+,32+/m1/s1. The van der Waals surface area contributed by atoms with Crippen molar-refractivity contribution in [2.75, 3.05) is 25.0 Å². The number of piperidine rings is 1. The third-order valence-corrected chi connectivity index (χ3v) is 8.60. The summed E-state index contributed by atoms with van der Waals surface area (Å²) in [4.78, 5) is 31.6. The molecule has 5 nitrogen and oxygen atoms in total. The molecule has 2 saturated heterocycles. The van der Waals surface area contributed by atoms with E-state index in [1.807, 2.05) is 48.5 Å². The lowest BCUT2D eigenvalue weighted by Crippen LogP contribution is -2.46. The van der Waals surface area contributed by atoms with Crippen LogP contribution in [0, 0.1) is 18.7 Å². The molecule has 0 unspecified atom stereocenters. The van der Waals surface area contributed by atoms with Gasteiger partial charge in [-0.05, 0) is 72.1 Å². The molecule has 7 heteroatoms. The van der Waals surface area contributed by atoms with Gasteiger partial charge < -0.3 is 10.2 Å². The maximum Gasteiger partial charge on any atom is 0.257 e. The Hall–Kier alpha value is -3.58. The van der Waals surface area contributed by atoms with Gasteiger partial charge in [0.25, 0.3) is 5.91 Å². The SMILES string of the molecule is Cc1cccc(F)c1C(=O)N1CCC[C@H](C(=O)Nc2cccc(C(C)(C)C)c2)[C@@H]1c1ccc(CN2CC[C@@H](F)C2)cc1. The molecule has 2 fully saturated rings. The van der Waals surface area contributed by atoms with Crippen molar-refractivity contribution < 1.29 is 18.4 Å². The molecule has 0 bridgehead atoms. The first-order chi connectivity index (χ1) is 20.0. The summed E-state index contributed by atoms with van der Waals surface area (Å²) >= 11 is 0. The molecule has 2 aliphatic heterocycles. The van der Waals surface area contributed by atoms with Gasteiger partial charge in [-0.1, -0.05) is 69.3 Å². The molecule has 2 amide bonds. The maximum atomic E-state index is 15.0.